The average Bonchev–Trinajstić information content (AvgIpc) is 2.72. The third-order valence-electron chi connectivity index (χ3n) is 5.79. The molecule has 0 fully saturated rings. The molecular weight excluding hydrogens is 390 g/mol. The first-order valence-corrected chi connectivity index (χ1v) is 9.85. The highest BCUT2D eigenvalue weighted by molar-refractivity contribution is 6.25. The summed E-state index contributed by atoms with van der Waals surface area (Å²) in [5.41, 5.74) is 6.52. The van der Waals surface area contributed by atoms with Crippen molar-refractivity contribution in [1.29, 1.82) is 0 Å². The van der Waals surface area contributed by atoms with Crippen molar-refractivity contribution in [1.82, 2.24) is 10.2 Å². The number of amides is 3. The van der Waals surface area contributed by atoms with Crippen molar-refractivity contribution in [3.63, 3.8) is 0 Å². The Morgan fingerprint density at radius 1 is 1.03 bits per heavy atom. The first-order valence-electron chi connectivity index (χ1n) is 9.85. The molecule has 0 spiro atoms. The van der Waals surface area contributed by atoms with Crippen molar-refractivity contribution in [3.8, 4) is 0 Å². The molecule has 0 aromatic heterocycles. The fourth-order valence-corrected chi connectivity index (χ4v) is 3.81. The summed E-state index contributed by atoms with van der Waals surface area (Å²) in [6.45, 7) is 4.60. The molecule has 3 amide bonds. The molecule has 1 aliphatic rings. The fraction of sp³-hybridized carbons (Fsp3) is 0.409. The van der Waals surface area contributed by atoms with E-state index in [2.05, 4.69) is 5.32 Å². The Morgan fingerprint density at radius 3 is 2.07 bits per heavy atom. The van der Waals surface area contributed by atoms with Gasteiger partial charge in [-0.25, -0.2) is 0 Å². The summed E-state index contributed by atoms with van der Waals surface area (Å²) in [4.78, 5) is 39.3. The molecule has 2 aromatic rings. The number of nitrogens with zero attached hydrogens (tertiary/aromatic N) is 1. The monoisotopic (exact) mass is 417 g/mol. The zero-order chi connectivity index (χ0) is 20.3. The summed E-state index contributed by atoms with van der Waals surface area (Å²) in [5.74, 6) is -0.699. The van der Waals surface area contributed by atoms with E-state index in [9.17, 15) is 14.4 Å². The lowest BCUT2D eigenvalue weighted by Gasteiger charge is -2.31. The van der Waals surface area contributed by atoms with E-state index < -0.39 is 0 Å². The molecule has 0 atom stereocenters. The van der Waals surface area contributed by atoms with Crippen LogP contribution in [0.15, 0.2) is 36.4 Å². The summed E-state index contributed by atoms with van der Waals surface area (Å²) in [6, 6.07) is 10.9. The Hall–Kier alpha value is -2.44. The molecule has 0 saturated carbocycles. The molecule has 1 aliphatic heterocycles. The van der Waals surface area contributed by atoms with Gasteiger partial charge in [-0.15, -0.1) is 12.4 Å². The highest BCUT2D eigenvalue weighted by atomic mass is 35.5. The first-order chi connectivity index (χ1) is 13.5. The third-order valence-corrected chi connectivity index (χ3v) is 5.79. The number of carbonyl (C=O) groups excluding carboxylic acids is 3. The summed E-state index contributed by atoms with van der Waals surface area (Å²) in [7, 11) is 0. The van der Waals surface area contributed by atoms with Gasteiger partial charge < -0.3 is 11.1 Å². The molecule has 2 aromatic carbocycles. The molecule has 3 rings (SSSR count). The highest BCUT2D eigenvalue weighted by Gasteiger charge is 2.32. The van der Waals surface area contributed by atoms with E-state index in [0.717, 1.165) is 18.2 Å². The maximum atomic E-state index is 12.8. The largest absolute Gasteiger partial charge is 0.349 e. The van der Waals surface area contributed by atoms with Gasteiger partial charge in [0, 0.05) is 36.0 Å². The van der Waals surface area contributed by atoms with Crippen LogP contribution in [0.1, 0.15) is 60.2 Å². The first kappa shape index (κ1) is 22.8. The minimum absolute atomic E-state index is 0. The molecule has 7 heteroatoms. The van der Waals surface area contributed by atoms with Crippen LogP contribution in [0, 0.1) is 0 Å². The van der Waals surface area contributed by atoms with Crippen LogP contribution in [0.4, 0.5) is 0 Å². The molecule has 156 valence electrons. The fourth-order valence-electron chi connectivity index (χ4n) is 3.81. The van der Waals surface area contributed by atoms with E-state index in [0.29, 0.717) is 29.5 Å². The number of nitrogens with two attached hydrogens (primary N) is 1. The maximum Gasteiger partial charge on any atom is 0.261 e. The van der Waals surface area contributed by atoms with Gasteiger partial charge in [0.2, 0.25) is 5.91 Å². The third kappa shape index (κ3) is 4.28. The van der Waals surface area contributed by atoms with Crippen molar-refractivity contribution in [2.45, 2.75) is 45.1 Å². The molecule has 0 saturated heterocycles. The van der Waals surface area contributed by atoms with Crippen LogP contribution in [0.25, 0.3) is 10.8 Å². The van der Waals surface area contributed by atoms with Crippen molar-refractivity contribution in [3.05, 3.63) is 47.5 Å². The summed E-state index contributed by atoms with van der Waals surface area (Å²) in [5, 5.41) is 4.62. The number of halogens is 1. The molecule has 0 unspecified atom stereocenters. The van der Waals surface area contributed by atoms with Gasteiger partial charge in [-0.2, -0.15) is 0 Å². The summed E-state index contributed by atoms with van der Waals surface area (Å²) < 4.78 is 0. The minimum Gasteiger partial charge on any atom is -0.349 e. The van der Waals surface area contributed by atoms with Crippen molar-refractivity contribution in [2.75, 3.05) is 13.1 Å². The van der Waals surface area contributed by atoms with E-state index in [4.69, 9.17) is 5.73 Å². The number of carbonyl (C=O) groups is 3. The van der Waals surface area contributed by atoms with Gasteiger partial charge in [-0.1, -0.05) is 38.1 Å². The zero-order valence-corrected chi connectivity index (χ0v) is 17.7. The van der Waals surface area contributed by atoms with Gasteiger partial charge in [0.1, 0.15) is 0 Å². The summed E-state index contributed by atoms with van der Waals surface area (Å²) in [6.07, 6.45) is 2.17. The quantitative estimate of drug-likeness (QED) is 0.644. The van der Waals surface area contributed by atoms with Crippen molar-refractivity contribution in [2.24, 2.45) is 5.73 Å². The molecule has 3 N–H and O–H groups in total. The standard InChI is InChI=1S/C22H27N3O3.ClH/c1-3-22(4-2,14-23)24-18(26)12-7-13-25-20(27)16-10-5-8-15-9-6-11-17(19(15)16)21(25)28;/h5-6,8-11H,3-4,7,12-14,23H2,1-2H3,(H,24,26);1H. The lowest BCUT2D eigenvalue weighted by atomic mass is 9.92. The van der Waals surface area contributed by atoms with Crippen LogP contribution < -0.4 is 11.1 Å². The zero-order valence-electron chi connectivity index (χ0n) is 16.9. The number of benzene rings is 2. The Kier molecular flexibility index (Phi) is 7.38. The van der Waals surface area contributed by atoms with E-state index in [1.807, 2.05) is 38.1 Å². The van der Waals surface area contributed by atoms with Gasteiger partial charge in [0.05, 0.1) is 5.54 Å². The maximum absolute atomic E-state index is 12.8. The summed E-state index contributed by atoms with van der Waals surface area (Å²) >= 11 is 0. The second-order valence-electron chi connectivity index (χ2n) is 7.31. The lowest BCUT2D eigenvalue weighted by molar-refractivity contribution is -0.123. The number of hydrogen-bond donors (Lipinski definition) is 2. The number of imide groups is 1. The number of hydrogen-bond acceptors (Lipinski definition) is 4. The van der Waals surface area contributed by atoms with E-state index in [1.165, 1.54) is 4.90 Å². The molecule has 0 aliphatic carbocycles. The lowest BCUT2D eigenvalue weighted by Crippen LogP contribution is -2.53. The predicted octanol–water partition coefficient (Wildman–Crippen LogP) is 3.27. The van der Waals surface area contributed by atoms with Crippen LogP contribution in [0.2, 0.25) is 0 Å². The van der Waals surface area contributed by atoms with Gasteiger partial charge in [-0.05, 0) is 36.8 Å². The molecule has 29 heavy (non-hydrogen) atoms. The molecule has 1 heterocycles. The SMILES string of the molecule is CCC(CC)(CN)NC(=O)CCCN1C(=O)c2cccc3cccc(c23)C1=O.Cl. The van der Waals surface area contributed by atoms with E-state index in [-0.39, 0.29) is 48.6 Å². The Morgan fingerprint density at radius 2 is 1.59 bits per heavy atom. The normalized spacial score (nSPS) is 13.4. The highest BCUT2D eigenvalue weighted by Crippen LogP contribution is 2.30. The Balaban J connectivity index is 0.00000300. The molecule has 6 nitrogen and oxygen atoms in total. The second-order valence-corrected chi connectivity index (χ2v) is 7.31. The second kappa shape index (κ2) is 9.37. The molecular formula is C22H28ClN3O3. The number of rotatable bonds is 8. The van der Waals surface area contributed by atoms with Crippen molar-refractivity contribution < 1.29 is 14.4 Å². The van der Waals surface area contributed by atoms with Crippen LogP contribution >= 0.6 is 12.4 Å². The van der Waals surface area contributed by atoms with Gasteiger partial charge in [0.25, 0.3) is 11.8 Å². The smallest absolute Gasteiger partial charge is 0.261 e. The predicted molar refractivity (Wildman–Crippen MR) is 116 cm³/mol. The van der Waals surface area contributed by atoms with Crippen LogP contribution in [-0.2, 0) is 4.79 Å². The topological polar surface area (TPSA) is 92.5 Å². The Labute approximate surface area is 177 Å². The van der Waals surface area contributed by atoms with E-state index in [1.54, 1.807) is 12.1 Å². The van der Waals surface area contributed by atoms with Gasteiger partial charge >= 0.3 is 0 Å². The van der Waals surface area contributed by atoms with Gasteiger partial charge in [0.15, 0.2) is 0 Å². The molecule has 0 bridgehead atoms. The minimum atomic E-state index is -0.386. The van der Waals surface area contributed by atoms with Gasteiger partial charge in [-0.3, -0.25) is 19.3 Å². The van der Waals surface area contributed by atoms with Crippen LogP contribution in [0.3, 0.4) is 0 Å². The Bertz CT molecular complexity index is 866. The molecule has 0 radical (unpaired) electrons. The van der Waals surface area contributed by atoms with Crippen LogP contribution in [0.5, 0.6) is 0 Å². The van der Waals surface area contributed by atoms with Crippen molar-refractivity contribution >= 4 is 40.9 Å². The average molecular weight is 418 g/mol. The number of nitrogens with one attached hydrogen (secondary N) is 1. The van der Waals surface area contributed by atoms with E-state index >= 15 is 0 Å². The van der Waals surface area contributed by atoms with Crippen LogP contribution in [-0.4, -0.2) is 41.2 Å².